The molecule has 0 unspecified atom stereocenters. The fraction of sp³-hybridized carbons (Fsp3) is 0.727. The van der Waals surface area contributed by atoms with Gasteiger partial charge in [-0.25, -0.2) is 8.42 Å². The van der Waals surface area contributed by atoms with Gasteiger partial charge in [0.05, 0.1) is 5.75 Å². The normalized spacial score (nSPS) is 19.6. The van der Waals surface area contributed by atoms with Crippen molar-refractivity contribution in [3.05, 3.63) is 12.2 Å². The Balaban J connectivity index is 2.32. The van der Waals surface area contributed by atoms with Crippen molar-refractivity contribution in [2.75, 3.05) is 5.75 Å². The van der Waals surface area contributed by atoms with Crippen LogP contribution in [0.15, 0.2) is 12.2 Å². The summed E-state index contributed by atoms with van der Waals surface area (Å²) in [5.41, 5.74) is 0. The van der Waals surface area contributed by atoms with Gasteiger partial charge < -0.3 is 0 Å². The third-order valence-corrected chi connectivity index (χ3v) is 4.07. The van der Waals surface area contributed by atoms with Crippen molar-refractivity contribution in [2.24, 2.45) is 5.92 Å². The largest absolute Gasteiger partial charge is 0.389 e. The summed E-state index contributed by atoms with van der Waals surface area (Å²) in [6, 6.07) is 0. The number of carbonyl (C=O) groups excluding carboxylic acids is 1. The van der Waals surface area contributed by atoms with E-state index in [1.54, 1.807) is 4.72 Å². The number of sulfonamides is 1. The molecule has 4 nitrogen and oxygen atoms in total. The maximum absolute atomic E-state index is 11.9. The molecule has 110 valence electrons. The van der Waals surface area contributed by atoms with Gasteiger partial charge in [-0.3, -0.25) is 9.52 Å². The van der Waals surface area contributed by atoms with Crippen LogP contribution in [-0.4, -0.2) is 26.3 Å². The molecule has 0 aromatic rings. The molecule has 8 heteroatoms. The molecule has 0 saturated heterocycles. The number of allylic oxidation sites excluding steroid dienone is 2. The van der Waals surface area contributed by atoms with Crippen molar-refractivity contribution in [3.8, 4) is 0 Å². The van der Waals surface area contributed by atoms with Gasteiger partial charge in [0.2, 0.25) is 15.9 Å². The van der Waals surface area contributed by atoms with Crippen LogP contribution in [0.5, 0.6) is 0 Å². The molecule has 0 aromatic heterocycles. The zero-order valence-electron chi connectivity index (χ0n) is 10.2. The van der Waals surface area contributed by atoms with Crippen LogP contribution in [0.3, 0.4) is 0 Å². The van der Waals surface area contributed by atoms with Crippen LogP contribution in [-0.2, 0) is 14.8 Å². The van der Waals surface area contributed by atoms with E-state index in [9.17, 15) is 26.4 Å². The van der Waals surface area contributed by atoms with Crippen LogP contribution in [0.1, 0.15) is 32.1 Å². The molecule has 0 radical (unpaired) electrons. The van der Waals surface area contributed by atoms with Gasteiger partial charge >= 0.3 is 6.18 Å². The highest BCUT2D eigenvalue weighted by molar-refractivity contribution is 7.90. The zero-order chi connectivity index (χ0) is 14.5. The van der Waals surface area contributed by atoms with Gasteiger partial charge in [0, 0.05) is 12.8 Å². The zero-order valence-corrected chi connectivity index (χ0v) is 11.1. The Morgan fingerprint density at radius 3 is 2.58 bits per heavy atom. The molecular formula is C11H16F3NO3S. The standard InChI is InChI=1S/C11H16F3NO3S/c12-11(13,14)6-3-7-19(17,18)15-10(16)8-9-4-1-2-5-9/h1,4,9H,2-3,5-8H2,(H,15,16)/t9-/m0/s1. The van der Waals surface area contributed by atoms with Crippen LogP contribution >= 0.6 is 0 Å². The average Bonchev–Trinajstić information content (AvgIpc) is 2.66. The number of nitrogens with one attached hydrogen (secondary N) is 1. The minimum absolute atomic E-state index is 0.0189. The summed E-state index contributed by atoms with van der Waals surface area (Å²) in [4.78, 5) is 11.4. The Hall–Kier alpha value is -1.05. The van der Waals surface area contributed by atoms with E-state index >= 15 is 0 Å². The second-order valence-corrected chi connectivity index (χ2v) is 6.37. The van der Waals surface area contributed by atoms with Gasteiger partial charge in [-0.1, -0.05) is 12.2 Å². The maximum Gasteiger partial charge on any atom is 0.389 e. The number of hydrogen-bond donors (Lipinski definition) is 1. The highest BCUT2D eigenvalue weighted by atomic mass is 32.2. The van der Waals surface area contributed by atoms with Gasteiger partial charge in [-0.05, 0) is 25.2 Å². The summed E-state index contributed by atoms with van der Waals surface area (Å²) >= 11 is 0. The first-order valence-electron chi connectivity index (χ1n) is 5.95. The van der Waals surface area contributed by atoms with E-state index in [-0.39, 0.29) is 12.3 Å². The lowest BCUT2D eigenvalue weighted by atomic mass is 10.1. The summed E-state index contributed by atoms with van der Waals surface area (Å²) in [6.07, 6.45) is -0.643. The highest BCUT2D eigenvalue weighted by Crippen LogP contribution is 2.22. The maximum atomic E-state index is 11.9. The molecule has 0 fully saturated rings. The molecule has 0 aliphatic heterocycles. The van der Waals surface area contributed by atoms with Gasteiger partial charge in [0.15, 0.2) is 0 Å². The number of rotatable bonds is 6. The van der Waals surface area contributed by atoms with Crippen LogP contribution < -0.4 is 4.72 Å². The number of alkyl halides is 3. The number of carbonyl (C=O) groups is 1. The van der Waals surface area contributed by atoms with E-state index < -0.39 is 40.7 Å². The predicted octanol–water partition coefficient (Wildman–Crippen LogP) is 2.13. The SMILES string of the molecule is O=C(C[C@H]1C=CCC1)NS(=O)(=O)CCCC(F)(F)F. The van der Waals surface area contributed by atoms with Crippen molar-refractivity contribution in [3.63, 3.8) is 0 Å². The second kappa shape index (κ2) is 6.40. The molecule has 1 aliphatic rings. The van der Waals surface area contributed by atoms with Gasteiger partial charge in [-0.2, -0.15) is 13.2 Å². The molecule has 0 bridgehead atoms. The first-order chi connectivity index (χ1) is 8.68. The molecule has 1 atom stereocenters. The van der Waals surface area contributed by atoms with Crippen molar-refractivity contribution < 1.29 is 26.4 Å². The Kier molecular flexibility index (Phi) is 5.39. The van der Waals surface area contributed by atoms with Gasteiger partial charge in [-0.15, -0.1) is 0 Å². The van der Waals surface area contributed by atoms with Crippen LogP contribution in [0, 0.1) is 5.92 Å². The van der Waals surface area contributed by atoms with Crippen LogP contribution in [0.4, 0.5) is 13.2 Å². The summed E-state index contributed by atoms with van der Waals surface area (Å²) in [5.74, 6) is -1.34. The molecule has 0 saturated carbocycles. The van der Waals surface area contributed by atoms with E-state index in [1.165, 1.54) is 0 Å². The summed E-state index contributed by atoms with van der Waals surface area (Å²) in [6.45, 7) is 0. The summed E-state index contributed by atoms with van der Waals surface area (Å²) in [7, 11) is -3.97. The van der Waals surface area contributed by atoms with Crippen molar-refractivity contribution >= 4 is 15.9 Å². The average molecular weight is 299 g/mol. The first-order valence-corrected chi connectivity index (χ1v) is 7.60. The Bertz CT molecular complexity index is 443. The lowest BCUT2D eigenvalue weighted by Gasteiger charge is -2.10. The molecule has 1 N–H and O–H groups in total. The lowest BCUT2D eigenvalue weighted by molar-refractivity contribution is -0.134. The second-order valence-electron chi connectivity index (χ2n) is 4.53. The monoisotopic (exact) mass is 299 g/mol. The molecule has 1 amide bonds. The number of amides is 1. The molecule has 19 heavy (non-hydrogen) atoms. The van der Waals surface area contributed by atoms with E-state index in [0.29, 0.717) is 0 Å². The van der Waals surface area contributed by atoms with Crippen LogP contribution in [0.2, 0.25) is 0 Å². The van der Waals surface area contributed by atoms with E-state index in [0.717, 1.165) is 12.8 Å². The molecule has 0 heterocycles. The van der Waals surface area contributed by atoms with Crippen molar-refractivity contribution in [2.45, 2.75) is 38.3 Å². The first kappa shape index (κ1) is 16.0. The molecular weight excluding hydrogens is 283 g/mol. The predicted molar refractivity (Wildman–Crippen MR) is 63.7 cm³/mol. The topological polar surface area (TPSA) is 63.2 Å². The smallest absolute Gasteiger partial charge is 0.274 e. The van der Waals surface area contributed by atoms with E-state index in [1.807, 2.05) is 12.2 Å². The fourth-order valence-corrected chi connectivity index (χ4v) is 2.89. The van der Waals surface area contributed by atoms with Crippen molar-refractivity contribution in [1.29, 1.82) is 0 Å². The third kappa shape index (κ3) is 7.19. The Morgan fingerprint density at radius 2 is 2.05 bits per heavy atom. The third-order valence-electron chi connectivity index (χ3n) is 2.70. The molecule has 1 aliphatic carbocycles. The molecule has 1 rings (SSSR count). The van der Waals surface area contributed by atoms with Crippen molar-refractivity contribution in [1.82, 2.24) is 4.72 Å². The molecule has 0 spiro atoms. The highest BCUT2D eigenvalue weighted by Gasteiger charge is 2.28. The minimum atomic E-state index is -4.38. The van der Waals surface area contributed by atoms with E-state index in [4.69, 9.17) is 0 Å². The Labute approximate surface area is 110 Å². The number of halogens is 3. The number of hydrogen-bond acceptors (Lipinski definition) is 3. The summed E-state index contributed by atoms with van der Waals surface area (Å²) in [5, 5.41) is 0. The lowest BCUT2D eigenvalue weighted by Crippen LogP contribution is -2.33. The summed E-state index contributed by atoms with van der Waals surface area (Å²) < 4.78 is 60.2. The Morgan fingerprint density at radius 1 is 1.37 bits per heavy atom. The fourth-order valence-electron chi connectivity index (χ4n) is 1.83. The quantitative estimate of drug-likeness (QED) is 0.764. The van der Waals surface area contributed by atoms with Gasteiger partial charge in [0.1, 0.15) is 0 Å². The van der Waals surface area contributed by atoms with E-state index in [2.05, 4.69) is 0 Å². The van der Waals surface area contributed by atoms with Crippen LogP contribution in [0.25, 0.3) is 0 Å². The molecule has 0 aromatic carbocycles. The van der Waals surface area contributed by atoms with Gasteiger partial charge in [0.25, 0.3) is 0 Å². The minimum Gasteiger partial charge on any atom is -0.274 e.